The Labute approximate surface area is 135 Å². The molecule has 0 bridgehead atoms. The van der Waals surface area contributed by atoms with Crippen LogP contribution in [0.15, 0.2) is 40.9 Å². The maximum atomic E-state index is 12.2. The lowest BCUT2D eigenvalue weighted by Crippen LogP contribution is -2.43. The number of morpholine rings is 1. The molecular formula is C17H21N3O3. The summed E-state index contributed by atoms with van der Waals surface area (Å²) in [6.45, 7) is 5.47. The predicted molar refractivity (Wildman–Crippen MR) is 85.1 cm³/mol. The molecule has 6 heteroatoms. The number of hydrogen-bond donors (Lipinski definition) is 1. The molecule has 0 radical (unpaired) electrons. The lowest BCUT2D eigenvalue weighted by molar-refractivity contribution is 0.0161. The SMILES string of the molecule is Cc1cc(C(=O)NC[C@@H](c2ccccc2)N2CCOCC2)on1. The van der Waals surface area contributed by atoms with Crippen molar-refractivity contribution in [2.75, 3.05) is 32.8 Å². The smallest absolute Gasteiger partial charge is 0.289 e. The van der Waals surface area contributed by atoms with E-state index < -0.39 is 0 Å². The van der Waals surface area contributed by atoms with Gasteiger partial charge in [0.15, 0.2) is 0 Å². The minimum atomic E-state index is -0.236. The van der Waals surface area contributed by atoms with Crippen molar-refractivity contribution < 1.29 is 14.1 Å². The standard InChI is InChI=1S/C17H21N3O3/c1-13-11-16(23-19-13)17(21)18-12-15(14-5-3-2-4-6-14)20-7-9-22-10-8-20/h2-6,11,15H,7-10,12H2,1H3,(H,18,21)/t15-/m0/s1. The van der Waals surface area contributed by atoms with Gasteiger partial charge in [0.05, 0.1) is 24.9 Å². The van der Waals surface area contributed by atoms with Crippen LogP contribution in [-0.2, 0) is 4.74 Å². The fourth-order valence-electron chi connectivity index (χ4n) is 2.77. The number of nitrogens with one attached hydrogen (secondary N) is 1. The van der Waals surface area contributed by atoms with Crippen LogP contribution in [0, 0.1) is 6.92 Å². The van der Waals surface area contributed by atoms with Gasteiger partial charge in [0.1, 0.15) is 0 Å². The second-order valence-electron chi connectivity index (χ2n) is 5.62. The minimum absolute atomic E-state index is 0.119. The van der Waals surface area contributed by atoms with E-state index in [9.17, 15) is 4.79 Å². The maximum Gasteiger partial charge on any atom is 0.289 e. The van der Waals surface area contributed by atoms with E-state index in [1.165, 1.54) is 5.56 Å². The third-order valence-electron chi connectivity index (χ3n) is 3.98. The molecule has 2 aromatic rings. The molecule has 0 spiro atoms. The number of carbonyl (C=O) groups excluding carboxylic acids is 1. The molecule has 0 aliphatic carbocycles. The van der Waals surface area contributed by atoms with Crippen molar-refractivity contribution >= 4 is 5.91 Å². The van der Waals surface area contributed by atoms with Gasteiger partial charge in [-0.15, -0.1) is 0 Å². The summed E-state index contributed by atoms with van der Waals surface area (Å²) in [4.78, 5) is 14.5. The van der Waals surface area contributed by atoms with Crippen molar-refractivity contribution in [1.82, 2.24) is 15.4 Å². The summed E-state index contributed by atoms with van der Waals surface area (Å²) >= 11 is 0. The predicted octanol–water partition coefficient (Wildman–Crippen LogP) is 1.79. The summed E-state index contributed by atoms with van der Waals surface area (Å²) in [6, 6.07) is 12.0. The van der Waals surface area contributed by atoms with Gasteiger partial charge in [-0.25, -0.2) is 0 Å². The molecule has 1 atom stereocenters. The highest BCUT2D eigenvalue weighted by molar-refractivity contribution is 5.91. The molecule has 1 fully saturated rings. The largest absolute Gasteiger partial charge is 0.379 e. The Morgan fingerprint density at radius 1 is 1.30 bits per heavy atom. The summed E-state index contributed by atoms with van der Waals surface area (Å²) in [6.07, 6.45) is 0. The van der Waals surface area contributed by atoms with Gasteiger partial charge >= 0.3 is 0 Å². The van der Waals surface area contributed by atoms with Crippen molar-refractivity contribution in [2.24, 2.45) is 0 Å². The highest BCUT2D eigenvalue weighted by atomic mass is 16.5. The van der Waals surface area contributed by atoms with Gasteiger partial charge in [0, 0.05) is 25.7 Å². The van der Waals surface area contributed by atoms with Gasteiger partial charge in [-0.1, -0.05) is 35.5 Å². The Morgan fingerprint density at radius 2 is 2.04 bits per heavy atom. The summed E-state index contributed by atoms with van der Waals surface area (Å²) < 4.78 is 10.4. The summed E-state index contributed by atoms with van der Waals surface area (Å²) in [5.41, 5.74) is 1.88. The summed E-state index contributed by atoms with van der Waals surface area (Å²) in [5.74, 6) is 0.0103. The van der Waals surface area contributed by atoms with Crippen molar-refractivity contribution in [2.45, 2.75) is 13.0 Å². The van der Waals surface area contributed by atoms with Crippen molar-refractivity contribution in [3.8, 4) is 0 Å². The Morgan fingerprint density at radius 3 is 2.70 bits per heavy atom. The first kappa shape index (κ1) is 15.7. The second-order valence-corrected chi connectivity index (χ2v) is 5.62. The molecule has 0 unspecified atom stereocenters. The first-order valence-electron chi connectivity index (χ1n) is 7.82. The molecule has 1 aliphatic heterocycles. The van der Waals surface area contributed by atoms with E-state index in [1.807, 2.05) is 18.2 Å². The number of hydrogen-bond acceptors (Lipinski definition) is 5. The van der Waals surface area contributed by atoms with Crippen LogP contribution in [0.25, 0.3) is 0 Å². The quantitative estimate of drug-likeness (QED) is 0.911. The van der Waals surface area contributed by atoms with Gasteiger partial charge in [0.25, 0.3) is 5.91 Å². The van der Waals surface area contributed by atoms with Crippen molar-refractivity contribution in [3.63, 3.8) is 0 Å². The van der Waals surface area contributed by atoms with Gasteiger partial charge < -0.3 is 14.6 Å². The van der Waals surface area contributed by atoms with Crippen LogP contribution in [0.3, 0.4) is 0 Å². The van der Waals surface area contributed by atoms with Gasteiger partial charge in [-0.3, -0.25) is 9.69 Å². The average molecular weight is 315 g/mol. The molecule has 1 saturated heterocycles. The topological polar surface area (TPSA) is 67.6 Å². The summed E-state index contributed by atoms with van der Waals surface area (Å²) in [7, 11) is 0. The number of aryl methyl sites for hydroxylation is 1. The number of rotatable bonds is 5. The van der Waals surface area contributed by atoms with E-state index in [-0.39, 0.29) is 17.7 Å². The van der Waals surface area contributed by atoms with Crippen LogP contribution in [-0.4, -0.2) is 48.8 Å². The Kier molecular flexibility index (Phi) is 5.05. The third kappa shape index (κ3) is 3.97. The number of aromatic nitrogens is 1. The normalized spacial score (nSPS) is 16.9. The number of ether oxygens (including phenoxy) is 1. The minimum Gasteiger partial charge on any atom is -0.379 e. The Balaban J connectivity index is 1.69. The lowest BCUT2D eigenvalue weighted by Gasteiger charge is -2.34. The van der Waals surface area contributed by atoms with Gasteiger partial charge in [-0.2, -0.15) is 0 Å². The first-order chi connectivity index (χ1) is 11.2. The Bertz CT molecular complexity index is 636. The Hall–Kier alpha value is -2.18. The molecule has 23 heavy (non-hydrogen) atoms. The van der Waals surface area contributed by atoms with E-state index in [1.54, 1.807) is 13.0 Å². The van der Waals surface area contributed by atoms with E-state index in [2.05, 4.69) is 27.5 Å². The number of amides is 1. The number of carbonyl (C=O) groups is 1. The molecular weight excluding hydrogens is 294 g/mol. The van der Waals surface area contributed by atoms with Crippen LogP contribution in [0.5, 0.6) is 0 Å². The monoisotopic (exact) mass is 315 g/mol. The maximum absolute atomic E-state index is 12.2. The molecule has 6 nitrogen and oxygen atoms in total. The second kappa shape index (κ2) is 7.39. The first-order valence-corrected chi connectivity index (χ1v) is 7.82. The van der Waals surface area contributed by atoms with Crippen molar-refractivity contribution in [3.05, 3.63) is 53.4 Å². The van der Waals surface area contributed by atoms with Crippen LogP contribution < -0.4 is 5.32 Å². The zero-order valence-electron chi connectivity index (χ0n) is 13.2. The van der Waals surface area contributed by atoms with E-state index in [4.69, 9.17) is 9.26 Å². The van der Waals surface area contributed by atoms with Crippen molar-refractivity contribution in [1.29, 1.82) is 0 Å². The number of nitrogens with zero attached hydrogens (tertiary/aromatic N) is 2. The molecule has 1 N–H and O–H groups in total. The molecule has 3 rings (SSSR count). The van der Waals surface area contributed by atoms with Crippen LogP contribution in [0.1, 0.15) is 27.9 Å². The molecule has 122 valence electrons. The third-order valence-corrected chi connectivity index (χ3v) is 3.98. The van der Waals surface area contributed by atoms with Crippen LogP contribution in [0.2, 0.25) is 0 Å². The van der Waals surface area contributed by atoms with Gasteiger partial charge in [-0.05, 0) is 12.5 Å². The van der Waals surface area contributed by atoms with Crippen LogP contribution in [0.4, 0.5) is 0 Å². The number of benzene rings is 1. The fourth-order valence-corrected chi connectivity index (χ4v) is 2.77. The molecule has 1 aliphatic rings. The highest BCUT2D eigenvalue weighted by Crippen LogP contribution is 2.21. The molecule has 1 aromatic carbocycles. The van der Waals surface area contributed by atoms with E-state index in [0.717, 1.165) is 26.3 Å². The fraction of sp³-hybridized carbons (Fsp3) is 0.412. The zero-order chi connectivity index (χ0) is 16.1. The van der Waals surface area contributed by atoms with Crippen LogP contribution >= 0.6 is 0 Å². The van der Waals surface area contributed by atoms with E-state index in [0.29, 0.717) is 12.2 Å². The highest BCUT2D eigenvalue weighted by Gasteiger charge is 2.23. The molecule has 1 aromatic heterocycles. The molecule has 2 heterocycles. The van der Waals surface area contributed by atoms with E-state index >= 15 is 0 Å². The lowest BCUT2D eigenvalue weighted by atomic mass is 10.0. The summed E-state index contributed by atoms with van der Waals surface area (Å²) in [5, 5.41) is 6.70. The molecule has 1 amide bonds. The molecule has 0 saturated carbocycles. The average Bonchev–Trinajstić information content (AvgIpc) is 3.03. The van der Waals surface area contributed by atoms with Gasteiger partial charge in [0.2, 0.25) is 5.76 Å². The zero-order valence-corrected chi connectivity index (χ0v) is 13.2.